The van der Waals surface area contributed by atoms with Crippen molar-refractivity contribution in [2.24, 2.45) is 0 Å². The van der Waals surface area contributed by atoms with E-state index >= 15 is 0 Å². The van der Waals surface area contributed by atoms with Gasteiger partial charge in [-0.25, -0.2) is 18.1 Å². The fraction of sp³-hybridized carbons (Fsp3) is 0.625. The third-order valence-electron chi connectivity index (χ3n) is 1.65. The Morgan fingerprint density at radius 3 is 2.88 bits per heavy atom. The smallest absolute Gasteiger partial charge is 0.252 e. The van der Waals surface area contributed by atoms with E-state index in [1.54, 1.807) is 6.92 Å². The molecule has 1 atom stereocenters. The summed E-state index contributed by atoms with van der Waals surface area (Å²) in [6.45, 7) is 4.47. The second-order valence-electron chi connectivity index (χ2n) is 3.11. The highest BCUT2D eigenvalue weighted by Crippen LogP contribution is 2.22. The summed E-state index contributed by atoms with van der Waals surface area (Å²) in [7, 11) is -3.53. The number of nitrogens with zero attached hydrogens (tertiary/aromatic N) is 1. The normalized spacial score (nSPS) is 13.9. The van der Waals surface area contributed by atoms with Crippen LogP contribution < -0.4 is 4.72 Å². The Morgan fingerprint density at radius 2 is 2.38 bits per heavy atom. The quantitative estimate of drug-likeness (QED) is 0.859. The van der Waals surface area contributed by atoms with Crippen molar-refractivity contribution >= 4 is 33.0 Å². The van der Waals surface area contributed by atoms with E-state index in [9.17, 15) is 8.42 Å². The van der Waals surface area contributed by atoms with Gasteiger partial charge >= 0.3 is 0 Å². The van der Waals surface area contributed by atoms with Gasteiger partial charge in [0.2, 0.25) is 0 Å². The van der Waals surface area contributed by atoms with Crippen molar-refractivity contribution in [1.29, 1.82) is 0 Å². The first-order chi connectivity index (χ1) is 7.45. The molecule has 92 valence electrons. The minimum atomic E-state index is -3.53. The van der Waals surface area contributed by atoms with Gasteiger partial charge in [-0.2, -0.15) is 0 Å². The second-order valence-corrected chi connectivity index (χ2v) is 6.67. The monoisotopic (exact) mass is 284 g/mol. The lowest BCUT2D eigenvalue weighted by Crippen LogP contribution is -2.35. The first kappa shape index (κ1) is 13.9. The van der Waals surface area contributed by atoms with E-state index in [2.05, 4.69) is 9.71 Å². The van der Waals surface area contributed by atoms with Crippen molar-refractivity contribution in [3.63, 3.8) is 0 Å². The Hall–Kier alpha value is -0.210. The van der Waals surface area contributed by atoms with Gasteiger partial charge in [-0.3, -0.25) is 0 Å². The number of nitrogens with one attached hydrogen (secondary N) is 1. The fourth-order valence-corrected chi connectivity index (χ4v) is 3.55. The Bertz CT molecular complexity index is 432. The first-order valence-corrected chi connectivity index (χ1v) is 7.35. The highest BCUT2D eigenvalue weighted by molar-refractivity contribution is 7.91. The van der Waals surface area contributed by atoms with E-state index in [1.807, 2.05) is 6.92 Å². The second kappa shape index (κ2) is 5.92. The lowest BCUT2D eigenvalue weighted by molar-refractivity contribution is 0.133. The van der Waals surface area contributed by atoms with Gasteiger partial charge in [0.25, 0.3) is 10.0 Å². The van der Waals surface area contributed by atoms with Gasteiger partial charge in [-0.1, -0.05) is 22.9 Å². The summed E-state index contributed by atoms with van der Waals surface area (Å²) >= 11 is 6.50. The van der Waals surface area contributed by atoms with Gasteiger partial charge in [-0.15, -0.1) is 0 Å². The van der Waals surface area contributed by atoms with Crippen molar-refractivity contribution < 1.29 is 13.2 Å². The Morgan fingerprint density at radius 1 is 1.69 bits per heavy atom. The highest BCUT2D eigenvalue weighted by Gasteiger charge is 2.20. The van der Waals surface area contributed by atoms with Gasteiger partial charge in [0.1, 0.15) is 0 Å². The zero-order chi connectivity index (χ0) is 12.2. The third kappa shape index (κ3) is 3.99. The number of hydrogen-bond acceptors (Lipinski definition) is 5. The van der Waals surface area contributed by atoms with Crippen molar-refractivity contribution in [2.45, 2.75) is 24.1 Å². The molecule has 1 aromatic rings. The van der Waals surface area contributed by atoms with Gasteiger partial charge in [0.05, 0.1) is 12.8 Å². The summed E-state index contributed by atoms with van der Waals surface area (Å²) < 4.78 is 31.4. The van der Waals surface area contributed by atoms with Gasteiger partial charge in [0, 0.05) is 12.6 Å². The molecule has 16 heavy (non-hydrogen) atoms. The van der Waals surface area contributed by atoms with Crippen LogP contribution in [0, 0.1) is 0 Å². The van der Waals surface area contributed by atoms with Crippen LogP contribution in [0.2, 0.25) is 4.47 Å². The van der Waals surface area contributed by atoms with E-state index in [1.165, 1.54) is 6.20 Å². The van der Waals surface area contributed by atoms with E-state index in [0.717, 1.165) is 11.3 Å². The molecule has 1 heterocycles. The number of thiazole rings is 1. The van der Waals surface area contributed by atoms with Crippen LogP contribution in [0.25, 0.3) is 0 Å². The van der Waals surface area contributed by atoms with Crippen LogP contribution in [0.3, 0.4) is 0 Å². The minimum Gasteiger partial charge on any atom is -0.380 e. The summed E-state index contributed by atoms with van der Waals surface area (Å²) in [6.07, 6.45) is 1.24. The molecule has 5 nitrogen and oxygen atoms in total. The average Bonchev–Trinajstić information content (AvgIpc) is 2.62. The average molecular weight is 285 g/mol. The first-order valence-electron chi connectivity index (χ1n) is 4.67. The zero-order valence-corrected chi connectivity index (χ0v) is 11.3. The van der Waals surface area contributed by atoms with Gasteiger partial charge in [-0.05, 0) is 13.8 Å². The number of ether oxygens (including phenoxy) is 1. The predicted molar refractivity (Wildman–Crippen MR) is 63.4 cm³/mol. The van der Waals surface area contributed by atoms with E-state index < -0.39 is 10.0 Å². The van der Waals surface area contributed by atoms with Crippen molar-refractivity contribution in [3.05, 3.63) is 10.7 Å². The van der Waals surface area contributed by atoms with E-state index in [-0.39, 0.29) is 14.7 Å². The van der Waals surface area contributed by atoms with E-state index in [4.69, 9.17) is 16.3 Å². The summed E-state index contributed by atoms with van der Waals surface area (Å²) in [4.78, 5) is 3.69. The molecule has 1 N–H and O–H groups in total. The molecule has 0 aromatic carbocycles. The molecule has 0 aliphatic rings. The largest absolute Gasteiger partial charge is 0.380 e. The van der Waals surface area contributed by atoms with Crippen LogP contribution >= 0.6 is 22.9 Å². The Balaban J connectivity index is 2.65. The lowest BCUT2D eigenvalue weighted by atomic mass is 10.4. The van der Waals surface area contributed by atoms with Crippen molar-refractivity contribution in [1.82, 2.24) is 9.71 Å². The maximum absolute atomic E-state index is 11.8. The molecule has 0 spiro atoms. The van der Waals surface area contributed by atoms with Crippen LogP contribution in [-0.2, 0) is 14.8 Å². The highest BCUT2D eigenvalue weighted by atomic mass is 35.5. The molecule has 8 heteroatoms. The van der Waals surface area contributed by atoms with E-state index in [0.29, 0.717) is 13.2 Å². The topological polar surface area (TPSA) is 68.3 Å². The number of sulfonamides is 1. The number of halogens is 1. The van der Waals surface area contributed by atoms with Crippen LogP contribution in [0.15, 0.2) is 10.4 Å². The van der Waals surface area contributed by atoms with Crippen molar-refractivity contribution in [3.8, 4) is 0 Å². The fourth-order valence-electron chi connectivity index (χ4n) is 1.01. The Labute approximate surface area is 104 Å². The molecule has 0 amide bonds. The van der Waals surface area contributed by atoms with Crippen LogP contribution in [0.1, 0.15) is 13.8 Å². The zero-order valence-electron chi connectivity index (χ0n) is 8.94. The van der Waals surface area contributed by atoms with Crippen molar-refractivity contribution in [2.75, 3.05) is 13.2 Å². The molecule has 1 aromatic heterocycles. The summed E-state index contributed by atoms with van der Waals surface area (Å²) in [6, 6.07) is -0.286. The predicted octanol–water partition coefficient (Wildman–Crippen LogP) is 1.50. The molecule has 1 unspecified atom stereocenters. The molecule has 0 bridgehead atoms. The summed E-state index contributed by atoms with van der Waals surface area (Å²) in [5, 5.41) is 0. The molecule has 0 fully saturated rings. The third-order valence-corrected chi connectivity index (χ3v) is 4.81. The lowest BCUT2D eigenvalue weighted by Gasteiger charge is -2.12. The molecular formula is C8H13ClN2O3S2. The number of hydrogen-bond donors (Lipinski definition) is 1. The summed E-state index contributed by atoms with van der Waals surface area (Å²) in [5.74, 6) is 0. The molecule has 0 saturated heterocycles. The summed E-state index contributed by atoms with van der Waals surface area (Å²) in [5.41, 5.74) is 0. The molecule has 0 saturated carbocycles. The van der Waals surface area contributed by atoms with Gasteiger partial charge in [0.15, 0.2) is 8.68 Å². The maximum Gasteiger partial charge on any atom is 0.252 e. The molecule has 0 radical (unpaired) electrons. The van der Waals surface area contributed by atoms with Crippen LogP contribution in [0.4, 0.5) is 0 Å². The number of aromatic nitrogens is 1. The number of rotatable bonds is 6. The molecular weight excluding hydrogens is 272 g/mol. The minimum absolute atomic E-state index is 0.112. The molecule has 1 rings (SSSR count). The SMILES string of the molecule is CCOCC(C)NS(=O)(=O)c1cnc(Cl)s1. The molecule has 0 aliphatic heterocycles. The van der Waals surface area contributed by atoms with Gasteiger partial charge < -0.3 is 4.74 Å². The maximum atomic E-state index is 11.8. The standard InChI is InChI=1S/C8H13ClN2O3S2/c1-3-14-5-6(2)11-16(12,13)7-4-10-8(9)15-7/h4,6,11H,3,5H2,1-2H3. The Kier molecular flexibility index (Phi) is 5.13. The van der Waals surface area contributed by atoms with Crippen LogP contribution in [-0.4, -0.2) is 32.7 Å². The molecule has 0 aliphatic carbocycles. The van der Waals surface area contributed by atoms with Crippen LogP contribution in [0.5, 0.6) is 0 Å².